The number of aryl methyl sites for hydroxylation is 1. The molecule has 1 N–H and O–H groups in total. The molecule has 0 bridgehead atoms. The van der Waals surface area contributed by atoms with Crippen LogP contribution in [0.25, 0.3) is 0 Å². The van der Waals surface area contributed by atoms with Gasteiger partial charge in [-0.15, -0.1) is 0 Å². The number of likely N-dealkylation sites (N-methyl/N-ethyl adjacent to an activating group) is 1. The molecule has 11 heteroatoms. The van der Waals surface area contributed by atoms with Gasteiger partial charge in [-0.1, -0.05) is 12.1 Å². The highest BCUT2D eigenvalue weighted by Crippen LogP contribution is 2.29. The number of hydrogen-bond acceptors (Lipinski definition) is 5. The molecule has 0 fully saturated rings. The third kappa shape index (κ3) is 9.96. The molecule has 0 aliphatic heterocycles. The Bertz CT molecular complexity index is 856. The number of benzene rings is 1. The van der Waals surface area contributed by atoms with Gasteiger partial charge in [0.25, 0.3) is 0 Å². The van der Waals surface area contributed by atoms with Crippen molar-refractivity contribution in [3.8, 4) is 0 Å². The first-order valence-corrected chi connectivity index (χ1v) is 10.5. The van der Waals surface area contributed by atoms with E-state index in [1.165, 1.54) is 33.0 Å². The molecular weight excluding hydrogens is 462 g/mol. The molecule has 0 aliphatic carbocycles. The van der Waals surface area contributed by atoms with E-state index in [0.717, 1.165) is 17.0 Å². The van der Waals surface area contributed by atoms with E-state index in [1.807, 2.05) is 0 Å². The first-order chi connectivity index (χ1) is 15.3. The summed E-state index contributed by atoms with van der Waals surface area (Å²) in [6.45, 7) is 7.19. The normalized spacial score (nSPS) is 14.2. The molecule has 0 radical (unpaired) electrons. The molecule has 1 amide bonds. The predicted octanol–water partition coefficient (Wildman–Crippen LogP) is 5.01. The molecule has 7 nitrogen and oxygen atoms in total. The monoisotopic (exact) mass is 493 g/mol. The zero-order chi connectivity index (χ0) is 26.5. The summed E-state index contributed by atoms with van der Waals surface area (Å²) in [6, 6.07) is 2.67. The second-order valence-corrected chi connectivity index (χ2v) is 9.53. The van der Waals surface area contributed by atoms with Crippen LogP contribution in [0, 0.1) is 0 Å². The molecule has 1 aromatic rings. The minimum Gasteiger partial charge on any atom is -0.479 e. The first kappa shape index (κ1) is 29.2. The van der Waals surface area contributed by atoms with Gasteiger partial charge >= 0.3 is 24.2 Å². The Hall–Kier alpha value is -2.85. The number of aliphatic carboxylic acids is 1. The number of nitrogens with zero attached hydrogens (tertiary/aromatic N) is 1. The van der Waals surface area contributed by atoms with Crippen LogP contribution in [0.1, 0.15) is 58.6 Å². The Morgan fingerprint density at radius 1 is 1.00 bits per heavy atom. The van der Waals surface area contributed by atoms with Crippen molar-refractivity contribution in [2.45, 2.75) is 83.5 Å². The highest BCUT2D eigenvalue weighted by molar-refractivity contribution is 5.84. The number of halogens is 4. The molecule has 192 valence electrons. The Labute approximate surface area is 196 Å². The maximum atomic E-state index is 14.4. The molecule has 0 aliphatic rings. The summed E-state index contributed by atoms with van der Waals surface area (Å²) < 4.78 is 62.7. The second-order valence-electron chi connectivity index (χ2n) is 9.53. The van der Waals surface area contributed by atoms with Gasteiger partial charge in [-0.25, -0.2) is 18.8 Å². The van der Waals surface area contributed by atoms with Crippen LogP contribution < -0.4 is 0 Å². The summed E-state index contributed by atoms with van der Waals surface area (Å²) in [7, 11) is 1.21. The topological polar surface area (TPSA) is 93.1 Å². The van der Waals surface area contributed by atoms with Crippen molar-refractivity contribution in [3.63, 3.8) is 0 Å². The summed E-state index contributed by atoms with van der Waals surface area (Å²) in [5, 5.41) is 9.46. The van der Waals surface area contributed by atoms with Crippen molar-refractivity contribution in [2.24, 2.45) is 0 Å². The van der Waals surface area contributed by atoms with Gasteiger partial charge < -0.3 is 14.6 Å². The summed E-state index contributed by atoms with van der Waals surface area (Å²) in [4.78, 5) is 37.7. The van der Waals surface area contributed by atoms with Gasteiger partial charge in [0.15, 0.2) is 6.10 Å². The van der Waals surface area contributed by atoms with Gasteiger partial charge in [-0.2, -0.15) is 13.2 Å². The molecule has 0 saturated heterocycles. The Balaban J connectivity index is 2.97. The fourth-order valence-corrected chi connectivity index (χ4v) is 2.91. The molecule has 34 heavy (non-hydrogen) atoms. The molecular formula is C23H31F4NO6. The van der Waals surface area contributed by atoms with Crippen LogP contribution >= 0.6 is 0 Å². The lowest BCUT2D eigenvalue weighted by Crippen LogP contribution is -2.49. The maximum absolute atomic E-state index is 14.4. The highest BCUT2D eigenvalue weighted by Gasteiger charge is 2.38. The van der Waals surface area contributed by atoms with Gasteiger partial charge in [0.2, 0.25) is 0 Å². The molecule has 1 aromatic carbocycles. The number of rotatable bonds is 9. The van der Waals surface area contributed by atoms with Crippen molar-refractivity contribution < 1.29 is 46.5 Å². The van der Waals surface area contributed by atoms with Crippen LogP contribution in [0.2, 0.25) is 0 Å². The van der Waals surface area contributed by atoms with Crippen LogP contribution in [-0.2, 0) is 31.7 Å². The predicted molar refractivity (Wildman–Crippen MR) is 115 cm³/mol. The summed E-state index contributed by atoms with van der Waals surface area (Å²) in [6.07, 6.45) is -7.80. The minimum absolute atomic E-state index is 0.00353. The second kappa shape index (κ2) is 11.1. The standard InChI is InChI=1S/C23H31F4NO6/c1-21(2,3)34-20(32)28(6)16(13-22(4,5)24)19(31)33-17(18(29)30)12-9-14-7-10-15(11-8-14)23(25,26)27/h7-8,10-11,16-17H,9,12-13H2,1-6H3,(H,29,30)/t16-,17+/m0/s1. The molecule has 0 aromatic heterocycles. The number of alkyl halides is 4. The Kier molecular flexibility index (Phi) is 9.48. The van der Waals surface area contributed by atoms with Gasteiger partial charge in [0.1, 0.15) is 17.3 Å². The summed E-state index contributed by atoms with van der Waals surface area (Å²) in [5.41, 5.74) is -3.24. The lowest BCUT2D eigenvalue weighted by molar-refractivity contribution is -0.168. The number of carboxylic acids is 1. The van der Waals surface area contributed by atoms with Gasteiger partial charge in [0, 0.05) is 13.5 Å². The Morgan fingerprint density at radius 2 is 1.53 bits per heavy atom. The van der Waals surface area contributed by atoms with Crippen LogP contribution in [0.15, 0.2) is 24.3 Å². The van der Waals surface area contributed by atoms with E-state index >= 15 is 0 Å². The highest BCUT2D eigenvalue weighted by atomic mass is 19.4. The molecule has 0 unspecified atom stereocenters. The van der Waals surface area contributed by atoms with Crippen molar-refractivity contribution in [2.75, 3.05) is 7.05 Å². The third-order valence-electron chi connectivity index (χ3n) is 4.61. The number of carbonyl (C=O) groups is 3. The van der Waals surface area contributed by atoms with E-state index < -0.39 is 59.6 Å². The van der Waals surface area contributed by atoms with E-state index in [0.29, 0.717) is 5.56 Å². The summed E-state index contributed by atoms with van der Waals surface area (Å²) >= 11 is 0. The zero-order valence-electron chi connectivity index (χ0n) is 20.0. The van der Waals surface area contributed by atoms with Crippen molar-refractivity contribution in [1.82, 2.24) is 4.90 Å². The number of esters is 1. The fourth-order valence-electron chi connectivity index (χ4n) is 2.91. The van der Waals surface area contributed by atoms with Crippen molar-refractivity contribution in [3.05, 3.63) is 35.4 Å². The van der Waals surface area contributed by atoms with E-state index in [2.05, 4.69) is 0 Å². The number of carbonyl (C=O) groups excluding carboxylic acids is 2. The Morgan fingerprint density at radius 3 is 1.94 bits per heavy atom. The fraction of sp³-hybridized carbons (Fsp3) is 0.609. The summed E-state index contributed by atoms with van der Waals surface area (Å²) in [5.74, 6) is -2.63. The van der Waals surface area contributed by atoms with Gasteiger partial charge in [-0.3, -0.25) is 4.90 Å². The lowest BCUT2D eigenvalue weighted by Gasteiger charge is -2.32. The van der Waals surface area contributed by atoms with Crippen LogP contribution in [0.4, 0.5) is 22.4 Å². The van der Waals surface area contributed by atoms with Crippen LogP contribution in [-0.4, -0.2) is 58.5 Å². The molecule has 2 atom stereocenters. The molecule has 0 spiro atoms. The van der Waals surface area contributed by atoms with Crippen LogP contribution in [0.5, 0.6) is 0 Å². The average molecular weight is 493 g/mol. The molecule has 0 saturated carbocycles. The number of amides is 1. The van der Waals surface area contributed by atoms with Crippen molar-refractivity contribution >= 4 is 18.0 Å². The lowest BCUT2D eigenvalue weighted by atomic mass is 10.00. The largest absolute Gasteiger partial charge is 0.479 e. The third-order valence-corrected chi connectivity index (χ3v) is 4.61. The minimum atomic E-state index is -4.50. The number of carboxylic acid groups (broad SMARTS) is 1. The smallest absolute Gasteiger partial charge is 0.416 e. The molecule has 1 rings (SSSR count). The number of ether oxygens (including phenoxy) is 2. The first-order valence-electron chi connectivity index (χ1n) is 10.5. The molecule has 0 heterocycles. The average Bonchev–Trinajstić information content (AvgIpc) is 2.66. The van der Waals surface area contributed by atoms with Crippen LogP contribution in [0.3, 0.4) is 0 Å². The maximum Gasteiger partial charge on any atom is 0.416 e. The quantitative estimate of drug-likeness (QED) is 0.384. The number of hydrogen-bond donors (Lipinski definition) is 1. The van der Waals surface area contributed by atoms with Crippen molar-refractivity contribution in [1.29, 1.82) is 0 Å². The van der Waals surface area contributed by atoms with Gasteiger partial charge in [-0.05, 0) is 65.2 Å². The van der Waals surface area contributed by atoms with Gasteiger partial charge in [0.05, 0.1) is 5.56 Å². The van der Waals surface area contributed by atoms with E-state index in [9.17, 15) is 37.1 Å². The van der Waals surface area contributed by atoms with E-state index in [1.54, 1.807) is 20.8 Å². The van der Waals surface area contributed by atoms with E-state index in [-0.39, 0.29) is 12.8 Å². The zero-order valence-corrected chi connectivity index (χ0v) is 20.0. The van der Waals surface area contributed by atoms with E-state index in [4.69, 9.17) is 9.47 Å². The SMILES string of the molecule is CN(C(=O)OC(C)(C)C)[C@@H](CC(C)(C)F)C(=O)O[C@H](CCc1ccc(C(F)(F)F)cc1)C(=O)O.